The highest BCUT2D eigenvalue weighted by molar-refractivity contribution is 5.29. The van der Waals surface area contributed by atoms with Crippen molar-refractivity contribution in [2.75, 3.05) is 0 Å². The molecule has 0 radical (unpaired) electrons. The summed E-state index contributed by atoms with van der Waals surface area (Å²) >= 11 is 0. The van der Waals surface area contributed by atoms with Crippen molar-refractivity contribution >= 4 is 0 Å². The number of halogens is 1. The van der Waals surface area contributed by atoms with Gasteiger partial charge in [-0.2, -0.15) is 0 Å². The fraction of sp³-hybridized carbons (Fsp3) is 0.500. The van der Waals surface area contributed by atoms with Crippen LogP contribution < -0.4 is 0 Å². The van der Waals surface area contributed by atoms with E-state index in [1.54, 1.807) is 19.1 Å². The Kier molecular flexibility index (Phi) is 2.31. The van der Waals surface area contributed by atoms with Crippen molar-refractivity contribution in [2.45, 2.75) is 38.2 Å². The average molecular weight is 194 g/mol. The van der Waals surface area contributed by atoms with E-state index >= 15 is 0 Å². The third-order valence-electron chi connectivity index (χ3n) is 3.13. The molecule has 0 saturated heterocycles. The first-order valence-corrected chi connectivity index (χ1v) is 5.11. The van der Waals surface area contributed by atoms with Crippen LogP contribution in [0.4, 0.5) is 4.39 Å². The minimum Gasteiger partial charge on any atom is -0.385 e. The van der Waals surface area contributed by atoms with Crippen molar-refractivity contribution in [1.82, 2.24) is 0 Å². The molecule has 1 aliphatic carbocycles. The van der Waals surface area contributed by atoms with Crippen molar-refractivity contribution in [2.24, 2.45) is 0 Å². The molecule has 1 fully saturated rings. The molecular formula is C12H15FO. The minimum absolute atomic E-state index is 0.199. The van der Waals surface area contributed by atoms with Crippen LogP contribution in [0.5, 0.6) is 0 Å². The maximum atomic E-state index is 13.0. The van der Waals surface area contributed by atoms with E-state index < -0.39 is 5.60 Å². The van der Waals surface area contributed by atoms with Crippen molar-refractivity contribution in [3.05, 3.63) is 35.1 Å². The summed E-state index contributed by atoms with van der Waals surface area (Å²) in [4.78, 5) is 0. The Morgan fingerprint density at radius 2 is 1.93 bits per heavy atom. The maximum Gasteiger partial charge on any atom is 0.126 e. The van der Waals surface area contributed by atoms with Gasteiger partial charge in [0.05, 0.1) is 5.60 Å². The first-order chi connectivity index (χ1) is 6.62. The molecule has 76 valence electrons. The first kappa shape index (κ1) is 9.66. The molecule has 2 rings (SSSR count). The zero-order chi connectivity index (χ0) is 10.2. The second kappa shape index (κ2) is 3.35. The maximum absolute atomic E-state index is 13.0. The van der Waals surface area contributed by atoms with Crippen molar-refractivity contribution in [1.29, 1.82) is 0 Å². The van der Waals surface area contributed by atoms with Gasteiger partial charge in [0.25, 0.3) is 0 Å². The predicted molar refractivity (Wildman–Crippen MR) is 53.5 cm³/mol. The number of rotatable bonds is 1. The topological polar surface area (TPSA) is 20.2 Å². The molecule has 0 amide bonds. The lowest BCUT2D eigenvalue weighted by molar-refractivity contribution is 0.0443. The second-order valence-corrected chi connectivity index (χ2v) is 4.20. The molecule has 0 aliphatic heterocycles. The molecule has 1 N–H and O–H groups in total. The quantitative estimate of drug-likeness (QED) is 0.728. The lowest BCUT2D eigenvalue weighted by Crippen LogP contribution is -2.20. The summed E-state index contributed by atoms with van der Waals surface area (Å²) in [5, 5.41) is 10.3. The summed E-state index contributed by atoms with van der Waals surface area (Å²) in [6.07, 6.45) is 3.73. The Morgan fingerprint density at radius 3 is 2.50 bits per heavy atom. The van der Waals surface area contributed by atoms with E-state index in [1.165, 1.54) is 6.07 Å². The van der Waals surface area contributed by atoms with E-state index in [9.17, 15) is 9.50 Å². The zero-order valence-electron chi connectivity index (χ0n) is 8.39. The Labute approximate surface area is 83.6 Å². The molecule has 1 nitrogen and oxygen atoms in total. The summed E-state index contributed by atoms with van der Waals surface area (Å²) in [7, 11) is 0. The van der Waals surface area contributed by atoms with E-state index in [4.69, 9.17) is 0 Å². The van der Waals surface area contributed by atoms with Gasteiger partial charge in [-0.05, 0) is 37.0 Å². The standard InChI is InChI=1S/C12H15FO/c1-9-8-10(4-5-11(9)13)12(14)6-2-3-7-12/h4-5,8,14H,2-3,6-7H2,1H3. The highest BCUT2D eigenvalue weighted by atomic mass is 19.1. The average Bonchev–Trinajstić information content (AvgIpc) is 2.58. The van der Waals surface area contributed by atoms with Crippen LogP contribution >= 0.6 is 0 Å². The SMILES string of the molecule is Cc1cc(C2(O)CCCC2)ccc1F. The smallest absolute Gasteiger partial charge is 0.126 e. The van der Waals surface area contributed by atoms with Gasteiger partial charge in [-0.25, -0.2) is 4.39 Å². The Morgan fingerprint density at radius 1 is 1.29 bits per heavy atom. The van der Waals surface area contributed by atoms with Crippen molar-refractivity contribution < 1.29 is 9.50 Å². The van der Waals surface area contributed by atoms with E-state index in [-0.39, 0.29) is 5.82 Å². The summed E-state index contributed by atoms with van der Waals surface area (Å²) in [5.41, 5.74) is 0.787. The zero-order valence-corrected chi connectivity index (χ0v) is 8.39. The Bertz CT molecular complexity index is 340. The molecule has 1 aromatic carbocycles. The third kappa shape index (κ3) is 1.55. The van der Waals surface area contributed by atoms with Crippen LogP contribution in [0.2, 0.25) is 0 Å². The number of hydrogen-bond acceptors (Lipinski definition) is 1. The van der Waals surface area contributed by atoms with Crippen LogP contribution in [0, 0.1) is 12.7 Å². The molecule has 0 heterocycles. The van der Waals surface area contributed by atoms with Gasteiger partial charge in [-0.3, -0.25) is 0 Å². The molecule has 0 aromatic heterocycles. The van der Waals surface area contributed by atoms with Gasteiger partial charge < -0.3 is 5.11 Å². The molecule has 1 aromatic rings. The van der Waals surface area contributed by atoms with Crippen LogP contribution in [0.25, 0.3) is 0 Å². The molecule has 0 unspecified atom stereocenters. The molecule has 2 heteroatoms. The van der Waals surface area contributed by atoms with Crippen molar-refractivity contribution in [3.63, 3.8) is 0 Å². The molecule has 0 spiro atoms. The Balaban J connectivity index is 2.36. The number of aliphatic hydroxyl groups is 1. The Hall–Kier alpha value is -0.890. The largest absolute Gasteiger partial charge is 0.385 e. The molecule has 0 atom stereocenters. The molecular weight excluding hydrogens is 179 g/mol. The van der Waals surface area contributed by atoms with Crippen LogP contribution in [0.1, 0.15) is 36.8 Å². The number of hydrogen-bond donors (Lipinski definition) is 1. The minimum atomic E-state index is -0.696. The van der Waals surface area contributed by atoms with Crippen molar-refractivity contribution in [3.8, 4) is 0 Å². The van der Waals surface area contributed by atoms with Crippen LogP contribution in [-0.2, 0) is 5.60 Å². The summed E-state index contributed by atoms with van der Waals surface area (Å²) in [5.74, 6) is -0.199. The van der Waals surface area contributed by atoms with E-state index in [0.29, 0.717) is 5.56 Å². The lowest BCUT2D eigenvalue weighted by atomic mass is 9.91. The predicted octanol–water partition coefficient (Wildman–Crippen LogP) is 2.90. The van der Waals surface area contributed by atoms with E-state index in [1.807, 2.05) is 0 Å². The molecule has 1 saturated carbocycles. The van der Waals surface area contributed by atoms with Gasteiger partial charge in [0.15, 0.2) is 0 Å². The second-order valence-electron chi connectivity index (χ2n) is 4.20. The van der Waals surface area contributed by atoms with Gasteiger partial charge in [0.2, 0.25) is 0 Å². The number of benzene rings is 1. The molecule has 1 aliphatic rings. The highest BCUT2D eigenvalue weighted by Crippen LogP contribution is 2.38. The van der Waals surface area contributed by atoms with Gasteiger partial charge in [0, 0.05) is 0 Å². The monoisotopic (exact) mass is 194 g/mol. The summed E-state index contributed by atoms with van der Waals surface area (Å²) < 4.78 is 13.0. The third-order valence-corrected chi connectivity index (χ3v) is 3.13. The first-order valence-electron chi connectivity index (χ1n) is 5.11. The highest BCUT2D eigenvalue weighted by Gasteiger charge is 2.32. The lowest BCUT2D eigenvalue weighted by Gasteiger charge is -2.23. The van der Waals surface area contributed by atoms with Crippen LogP contribution in [0.3, 0.4) is 0 Å². The summed E-state index contributed by atoms with van der Waals surface area (Å²) in [6, 6.07) is 4.91. The van der Waals surface area contributed by atoms with Gasteiger partial charge in [-0.1, -0.05) is 25.0 Å². The summed E-state index contributed by atoms with van der Waals surface area (Å²) in [6.45, 7) is 1.73. The van der Waals surface area contributed by atoms with Crippen LogP contribution in [0.15, 0.2) is 18.2 Å². The number of aryl methyl sites for hydroxylation is 1. The fourth-order valence-corrected chi connectivity index (χ4v) is 2.18. The van der Waals surface area contributed by atoms with Gasteiger partial charge in [0.1, 0.15) is 5.82 Å². The fourth-order valence-electron chi connectivity index (χ4n) is 2.18. The van der Waals surface area contributed by atoms with E-state index in [2.05, 4.69) is 0 Å². The van der Waals surface area contributed by atoms with Gasteiger partial charge in [-0.15, -0.1) is 0 Å². The van der Waals surface area contributed by atoms with Crippen LogP contribution in [-0.4, -0.2) is 5.11 Å². The molecule has 14 heavy (non-hydrogen) atoms. The van der Waals surface area contributed by atoms with Gasteiger partial charge >= 0.3 is 0 Å². The van der Waals surface area contributed by atoms with E-state index in [0.717, 1.165) is 31.2 Å². The molecule has 0 bridgehead atoms. The normalized spacial score (nSPS) is 19.9.